The second-order valence-electron chi connectivity index (χ2n) is 7.53. The zero-order valence-electron chi connectivity index (χ0n) is 18.5. The fraction of sp³-hybridized carbons (Fsp3) is 0.292. The zero-order valence-corrected chi connectivity index (χ0v) is 18.5. The maximum Gasteiger partial charge on any atom is 0.416 e. The molecule has 1 unspecified atom stereocenters. The van der Waals surface area contributed by atoms with Crippen molar-refractivity contribution in [2.75, 3.05) is 7.11 Å². The molecule has 0 bridgehead atoms. The van der Waals surface area contributed by atoms with E-state index in [9.17, 15) is 27.9 Å². The van der Waals surface area contributed by atoms with E-state index in [1.807, 2.05) is 6.92 Å². The lowest BCUT2D eigenvalue weighted by Gasteiger charge is -2.14. The first-order valence-corrected chi connectivity index (χ1v) is 10.4. The monoisotopic (exact) mass is 476 g/mol. The molecule has 0 aliphatic heterocycles. The minimum Gasteiger partial charge on any atom is -0.489 e. The molecule has 7 nitrogen and oxygen atoms in total. The minimum atomic E-state index is -4.61. The molecule has 0 fully saturated rings. The SMILES string of the molecule is CCCc1ncc(C(C(=O)O)c2ccc(OCc3ccc(C(F)(F)F)cc3C(=O)OC)cc2)[nH]1. The second-order valence-corrected chi connectivity index (χ2v) is 7.53. The number of rotatable bonds is 9. The number of methoxy groups -OCH3 is 1. The Bertz CT molecular complexity index is 1160. The lowest BCUT2D eigenvalue weighted by atomic mass is 9.96. The number of carboxylic acid groups (broad SMARTS) is 1. The van der Waals surface area contributed by atoms with Crippen molar-refractivity contribution in [3.8, 4) is 5.75 Å². The van der Waals surface area contributed by atoms with Crippen LogP contribution in [0.25, 0.3) is 0 Å². The van der Waals surface area contributed by atoms with E-state index in [0.717, 1.165) is 31.7 Å². The number of hydrogen-bond acceptors (Lipinski definition) is 5. The molecule has 0 amide bonds. The summed E-state index contributed by atoms with van der Waals surface area (Å²) in [6, 6.07) is 9.03. The van der Waals surface area contributed by atoms with E-state index in [2.05, 4.69) is 14.7 Å². The fourth-order valence-electron chi connectivity index (χ4n) is 3.44. The van der Waals surface area contributed by atoms with Gasteiger partial charge >= 0.3 is 18.1 Å². The number of H-pyrrole nitrogens is 1. The summed E-state index contributed by atoms with van der Waals surface area (Å²) in [5.74, 6) is -1.85. The standard InChI is InChI=1S/C24H23F3N2O5/c1-3-4-20-28-12-19(29-20)21(22(30)31)14-6-9-17(10-7-14)34-13-15-5-8-16(24(25,26)27)11-18(15)23(32)33-2/h5-12,21H,3-4,13H2,1-2H3,(H,28,29)(H,30,31). The average molecular weight is 476 g/mol. The number of aliphatic carboxylic acids is 1. The quantitative estimate of drug-likeness (QED) is 0.423. The molecule has 1 heterocycles. The van der Waals surface area contributed by atoms with Gasteiger partial charge in [-0.05, 0) is 36.2 Å². The first kappa shape index (κ1) is 24.8. The van der Waals surface area contributed by atoms with Crippen LogP contribution in [0.5, 0.6) is 5.75 Å². The highest BCUT2D eigenvalue weighted by molar-refractivity contribution is 5.91. The van der Waals surface area contributed by atoms with E-state index >= 15 is 0 Å². The van der Waals surface area contributed by atoms with Gasteiger partial charge in [-0.15, -0.1) is 0 Å². The van der Waals surface area contributed by atoms with Crippen molar-refractivity contribution >= 4 is 11.9 Å². The van der Waals surface area contributed by atoms with Crippen molar-refractivity contribution in [2.45, 2.75) is 38.5 Å². The summed E-state index contributed by atoms with van der Waals surface area (Å²) < 4.78 is 49.3. The van der Waals surface area contributed by atoms with E-state index in [1.54, 1.807) is 24.3 Å². The number of halogens is 3. The van der Waals surface area contributed by atoms with Crippen LogP contribution in [0.4, 0.5) is 13.2 Å². The molecule has 0 aliphatic carbocycles. The number of nitrogens with one attached hydrogen (secondary N) is 1. The van der Waals surface area contributed by atoms with Gasteiger partial charge in [-0.2, -0.15) is 13.2 Å². The van der Waals surface area contributed by atoms with E-state index < -0.39 is 29.6 Å². The Morgan fingerprint density at radius 1 is 1.15 bits per heavy atom. The van der Waals surface area contributed by atoms with Crippen LogP contribution >= 0.6 is 0 Å². The van der Waals surface area contributed by atoms with E-state index in [1.165, 1.54) is 6.20 Å². The van der Waals surface area contributed by atoms with Crippen LogP contribution in [-0.4, -0.2) is 34.1 Å². The van der Waals surface area contributed by atoms with Crippen LogP contribution in [0, 0.1) is 0 Å². The predicted octanol–water partition coefficient (Wildman–Crippen LogP) is 4.96. The molecule has 34 heavy (non-hydrogen) atoms. The van der Waals surface area contributed by atoms with E-state index in [-0.39, 0.29) is 17.7 Å². The van der Waals surface area contributed by atoms with Crippen LogP contribution in [0.2, 0.25) is 0 Å². The molecule has 0 aliphatic rings. The number of benzene rings is 2. The minimum absolute atomic E-state index is 0.189. The van der Waals surface area contributed by atoms with Crippen molar-refractivity contribution in [3.63, 3.8) is 0 Å². The Hall–Kier alpha value is -3.82. The average Bonchev–Trinajstić information content (AvgIpc) is 3.25. The fourth-order valence-corrected chi connectivity index (χ4v) is 3.44. The molecule has 0 radical (unpaired) electrons. The van der Waals surface area contributed by atoms with Crippen molar-refractivity contribution in [2.24, 2.45) is 0 Å². The number of carbonyl (C=O) groups excluding carboxylic acids is 1. The van der Waals surface area contributed by atoms with Crippen molar-refractivity contribution in [1.82, 2.24) is 9.97 Å². The number of ether oxygens (including phenoxy) is 2. The number of aromatic amines is 1. The first-order chi connectivity index (χ1) is 16.1. The predicted molar refractivity (Wildman–Crippen MR) is 116 cm³/mol. The lowest BCUT2D eigenvalue weighted by Crippen LogP contribution is -2.14. The Balaban J connectivity index is 1.78. The Morgan fingerprint density at radius 3 is 2.44 bits per heavy atom. The summed E-state index contributed by atoms with van der Waals surface area (Å²) in [5.41, 5.74) is -0.0506. The zero-order chi connectivity index (χ0) is 24.9. The number of imidazole rings is 1. The molecule has 2 aromatic carbocycles. The maximum absolute atomic E-state index is 13.0. The highest BCUT2D eigenvalue weighted by atomic mass is 19.4. The molecule has 180 valence electrons. The van der Waals surface area contributed by atoms with Crippen LogP contribution < -0.4 is 4.74 Å². The van der Waals surface area contributed by atoms with Gasteiger partial charge in [-0.25, -0.2) is 9.78 Å². The smallest absolute Gasteiger partial charge is 0.416 e. The lowest BCUT2D eigenvalue weighted by molar-refractivity contribution is -0.138. The van der Waals surface area contributed by atoms with Crippen molar-refractivity contribution < 1.29 is 37.3 Å². The molecule has 0 spiro atoms. The Kier molecular flexibility index (Phi) is 7.60. The highest BCUT2D eigenvalue weighted by Gasteiger charge is 2.32. The van der Waals surface area contributed by atoms with Gasteiger partial charge in [-0.3, -0.25) is 4.79 Å². The van der Waals surface area contributed by atoms with E-state index in [4.69, 9.17) is 4.74 Å². The first-order valence-electron chi connectivity index (χ1n) is 10.4. The number of aryl methyl sites for hydroxylation is 1. The number of esters is 1. The number of alkyl halides is 3. The van der Waals surface area contributed by atoms with Gasteiger partial charge in [0.1, 0.15) is 24.1 Å². The van der Waals surface area contributed by atoms with Crippen LogP contribution in [-0.2, 0) is 28.7 Å². The highest BCUT2D eigenvalue weighted by Crippen LogP contribution is 2.31. The summed E-state index contributed by atoms with van der Waals surface area (Å²) in [6.07, 6.45) is -1.53. The van der Waals surface area contributed by atoms with Crippen LogP contribution in [0.15, 0.2) is 48.7 Å². The molecular formula is C24H23F3N2O5. The van der Waals surface area contributed by atoms with E-state index in [0.29, 0.717) is 29.3 Å². The normalized spacial score (nSPS) is 12.3. The summed E-state index contributed by atoms with van der Waals surface area (Å²) in [7, 11) is 1.08. The van der Waals surface area contributed by atoms with Crippen molar-refractivity contribution in [1.29, 1.82) is 0 Å². The number of nitrogens with zero attached hydrogens (tertiary/aromatic N) is 1. The number of hydrogen-bond donors (Lipinski definition) is 2. The van der Waals surface area contributed by atoms with Gasteiger partial charge in [0.25, 0.3) is 0 Å². The molecule has 10 heteroatoms. The van der Waals surface area contributed by atoms with Crippen LogP contribution in [0.1, 0.15) is 57.8 Å². The number of carbonyl (C=O) groups is 2. The van der Waals surface area contributed by atoms with Gasteiger partial charge in [0, 0.05) is 18.2 Å². The van der Waals surface area contributed by atoms with Crippen molar-refractivity contribution in [3.05, 3.63) is 82.4 Å². The molecule has 0 saturated heterocycles. The second kappa shape index (κ2) is 10.4. The number of carboxylic acids is 1. The molecule has 1 atom stereocenters. The third kappa shape index (κ3) is 5.75. The molecule has 2 N–H and O–H groups in total. The van der Waals surface area contributed by atoms with Gasteiger partial charge in [-0.1, -0.05) is 25.1 Å². The van der Waals surface area contributed by atoms with Gasteiger partial charge in [0.15, 0.2) is 0 Å². The van der Waals surface area contributed by atoms with Gasteiger partial charge in [0.05, 0.1) is 23.9 Å². The van der Waals surface area contributed by atoms with Crippen LogP contribution in [0.3, 0.4) is 0 Å². The van der Waals surface area contributed by atoms with Gasteiger partial charge < -0.3 is 19.6 Å². The molecular weight excluding hydrogens is 453 g/mol. The Morgan fingerprint density at radius 2 is 1.85 bits per heavy atom. The molecule has 3 aromatic rings. The maximum atomic E-state index is 13.0. The molecule has 0 saturated carbocycles. The van der Waals surface area contributed by atoms with Gasteiger partial charge in [0.2, 0.25) is 0 Å². The summed E-state index contributed by atoms with van der Waals surface area (Å²) in [5, 5.41) is 9.72. The summed E-state index contributed by atoms with van der Waals surface area (Å²) in [6.45, 7) is 1.81. The third-order valence-electron chi connectivity index (χ3n) is 5.14. The third-order valence-corrected chi connectivity index (χ3v) is 5.14. The Labute approximate surface area is 193 Å². The molecule has 1 aromatic heterocycles. The topological polar surface area (TPSA) is 102 Å². The summed E-state index contributed by atoms with van der Waals surface area (Å²) in [4.78, 5) is 31.1. The molecule has 3 rings (SSSR count). The number of aromatic nitrogens is 2. The summed E-state index contributed by atoms with van der Waals surface area (Å²) >= 11 is 0. The largest absolute Gasteiger partial charge is 0.489 e.